The summed E-state index contributed by atoms with van der Waals surface area (Å²) in [6, 6.07) is 43.1. The van der Waals surface area contributed by atoms with E-state index >= 15 is 0 Å². The number of ether oxygens (including phenoxy) is 1. The van der Waals surface area contributed by atoms with Crippen molar-refractivity contribution in [3.8, 4) is 11.6 Å². The molecule has 196 valence electrons. The summed E-state index contributed by atoms with van der Waals surface area (Å²) in [7, 11) is 2.03. The second-order valence-corrected chi connectivity index (χ2v) is 9.84. The molecule has 0 radical (unpaired) electrons. The van der Waals surface area contributed by atoms with Crippen LogP contribution >= 0.6 is 0 Å². The number of fused-ring (bicyclic) bond motifs is 2. The quantitative estimate of drug-likeness (QED) is 0.205. The Balaban J connectivity index is 0.00000289. The van der Waals surface area contributed by atoms with Crippen LogP contribution in [0.1, 0.15) is 0 Å². The van der Waals surface area contributed by atoms with Gasteiger partial charge in [-0.05, 0) is 25.5 Å². The molecule has 7 heteroatoms. The normalized spacial score (nSPS) is 13.5. The van der Waals surface area contributed by atoms with Crippen molar-refractivity contribution in [2.24, 2.45) is 0 Å². The molecule has 5 aromatic rings. The van der Waals surface area contributed by atoms with Crippen LogP contribution in [0.2, 0.25) is 0 Å². The zero-order valence-electron chi connectivity index (χ0n) is 21.8. The van der Waals surface area contributed by atoms with Crippen molar-refractivity contribution in [1.82, 2.24) is 9.88 Å². The van der Waals surface area contributed by atoms with E-state index in [-0.39, 0.29) is 34.5 Å². The first-order chi connectivity index (χ1) is 19.2. The molecule has 2 aliphatic heterocycles. The maximum Gasteiger partial charge on any atom is 0.216 e. The van der Waals surface area contributed by atoms with Crippen molar-refractivity contribution >= 4 is 51.9 Å². The summed E-state index contributed by atoms with van der Waals surface area (Å²) in [6.07, 6.45) is 5.83. The van der Waals surface area contributed by atoms with E-state index in [2.05, 4.69) is 108 Å². The molecule has 0 saturated heterocycles. The van der Waals surface area contributed by atoms with Crippen LogP contribution in [0, 0.1) is 18.8 Å². The molecule has 7 rings (SSSR count). The van der Waals surface area contributed by atoms with Gasteiger partial charge in [0.2, 0.25) is 5.88 Å². The van der Waals surface area contributed by atoms with E-state index in [1.54, 1.807) is 6.20 Å². The predicted molar refractivity (Wildman–Crippen MR) is 161 cm³/mol. The number of benzene rings is 4. The summed E-state index contributed by atoms with van der Waals surface area (Å²) >= 11 is 0. The molecule has 0 amide bonds. The van der Waals surface area contributed by atoms with Crippen LogP contribution < -0.4 is 42.4 Å². The van der Waals surface area contributed by atoms with Gasteiger partial charge < -0.3 is 14.5 Å². The zero-order valence-corrected chi connectivity index (χ0v) is 24.1. The number of hydrogen-bond donors (Lipinski definition) is 0. The Labute approximate surface area is 250 Å². The molecule has 4 nitrogen and oxygen atoms in total. The van der Waals surface area contributed by atoms with Crippen molar-refractivity contribution in [1.29, 1.82) is 0 Å². The van der Waals surface area contributed by atoms with Crippen LogP contribution in [0.3, 0.4) is 0 Å². The summed E-state index contributed by atoms with van der Waals surface area (Å²) in [4.78, 5) is 8.48. The molecule has 2 aliphatic rings. The first-order valence-electron chi connectivity index (χ1n) is 13.1. The van der Waals surface area contributed by atoms with Gasteiger partial charge in [0.1, 0.15) is 0 Å². The number of anilines is 1. The number of nitrogens with zero attached hydrogens (tertiary/aromatic N) is 3. The van der Waals surface area contributed by atoms with E-state index in [1.165, 1.54) is 21.9 Å². The van der Waals surface area contributed by atoms with Gasteiger partial charge in [0, 0.05) is 39.1 Å². The topological polar surface area (TPSA) is 28.6 Å². The van der Waals surface area contributed by atoms with E-state index < -0.39 is 0 Å². The van der Waals surface area contributed by atoms with Gasteiger partial charge in [0.25, 0.3) is 0 Å². The van der Waals surface area contributed by atoms with E-state index in [9.17, 15) is 0 Å². The maximum absolute atomic E-state index is 6.09. The average Bonchev–Trinajstić information content (AvgIpc) is 3.43. The molecule has 0 fully saturated rings. The third-order valence-corrected chi connectivity index (χ3v) is 7.35. The van der Waals surface area contributed by atoms with E-state index in [0.717, 1.165) is 16.6 Å². The van der Waals surface area contributed by atoms with Gasteiger partial charge >= 0.3 is 0 Å². The molecule has 0 spiro atoms. The Hall–Kier alpha value is -4.01. The van der Waals surface area contributed by atoms with Crippen LogP contribution in [0.25, 0.3) is 0 Å². The van der Waals surface area contributed by atoms with Gasteiger partial charge in [-0.15, -0.1) is 17.8 Å². The Kier molecular flexibility index (Phi) is 7.36. The van der Waals surface area contributed by atoms with Gasteiger partial charge in [0.15, 0.2) is 13.4 Å². The molecule has 0 aliphatic carbocycles. The Morgan fingerprint density at radius 3 is 2.25 bits per heavy atom. The summed E-state index contributed by atoms with van der Waals surface area (Å²) < 4.78 is 6.09. The Bertz CT molecular complexity index is 1670. The molecular weight excluding hydrogens is 671 g/mol. The molecule has 40 heavy (non-hydrogen) atoms. The summed E-state index contributed by atoms with van der Waals surface area (Å²) in [5.41, 5.74) is 8.30. The zero-order chi connectivity index (χ0) is 26.2. The first-order valence-corrected chi connectivity index (χ1v) is 13.1. The minimum Gasteiger partial charge on any atom is -0.510 e. The van der Waals surface area contributed by atoms with Gasteiger partial charge in [-0.1, -0.05) is 77.1 Å². The van der Waals surface area contributed by atoms with Crippen molar-refractivity contribution in [2.45, 2.75) is 0 Å². The molecule has 4 aromatic carbocycles. The SMILES string of the molecule is CN1C=CN(c2[c-]c3c(cc2)B(c2ccccc2)c2ccccc2B3c2[c-]c(Oc3ccccn3)ccc2)[CH-]1.[Pt]. The molecule has 0 N–H and O–H groups in total. The van der Waals surface area contributed by atoms with Gasteiger partial charge in [0.05, 0.1) is 0 Å². The summed E-state index contributed by atoms with van der Waals surface area (Å²) in [6.45, 7) is 2.13. The third-order valence-electron chi connectivity index (χ3n) is 7.35. The molecule has 0 saturated carbocycles. The monoisotopic (exact) mass is 695 g/mol. The number of hydrogen-bond acceptors (Lipinski definition) is 4. The number of pyridine rings is 1. The smallest absolute Gasteiger partial charge is 0.216 e. The fourth-order valence-corrected chi connectivity index (χ4v) is 5.64. The summed E-state index contributed by atoms with van der Waals surface area (Å²) in [5.74, 6) is 1.19. The largest absolute Gasteiger partial charge is 0.510 e. The minimum atomic E-state index is -0.0484. The van der Waals surface area contributed by atoms with Gasteiger partial charge in [-0.2, -0.15) is 53.4 Å². The van der Waals surface area contributed by atoms with Crippen molar-refractivity contribution in [3.05, 3.63) is 141 Å². The fraction of sp³-hybridized carbons (Fsp3) is 0.0303. The van der Waals surface area contributed by atoms with Gasteiger partial charge in [-0.25, -0.2) is 4.98 Å². The van der Waals surface area contributed by atoms with E-state index in [0.29, 0.717) is 11.6 Å². The standard InChI is InChI=1S/C33H24B2N3O.Pt/c1-37-20-21-38(24-37)27-17-18-31-32(23-27)35(26-12-9-13-28(22-26)39-33-16-7-8-19-36-33)30-15-6-5-14-29(30)34(31)25-10-3-2-4-11-25;/h2-21,24H,1H3;/q-3;. The second kappa shape index (κ2) is 11.2. The first kappa shape index (κ1) is 26.2. The van der Waals surface area contributed by atoms with Crippen LogP contribution in [0.5, 0.6) is 11.6 Å². The van der Waals surface area contributed by atoms with Gasteiger partial charge in [-0.3, -0.25) is 0 Å². The Morgan fingerprint density at radius 1 is 0.725 bits per heavy atom. The van der Waals surface area contributed by atoms with Crippen LogP contribution in [-0.4, -0.2) is 30.4 Å². The molecule has 0 unspecified atom stereocenters. The summed E-state index contributed by atoms with van der Waals surface area (Å²) in [5, 5.41) is 0. The van der Waals surface area contributed by atoms with E-state index in [4.69, 9.17) is 4.74 Å². The predicted octanol–water partition coefficient (Wildman–Crippen LogP) is 2.16. The van der Waals surface area contributed by atoms with Crippen LogP contribution in [-0.2, 0) is 21.1 Å². The third kappa shape index (κ3) is 4.89. The van der Waals surface area contributed by atoms with Crippen molar-refractivity contribution in [3.63, 3.8) is 0 Å². The minimum absolute atomic E-state index is 0. The van der Waals surface area contributed by atoms with E-state index in [1.807, 2.05) is 48.5 Å². The second-order valence-electron chi connectivity index (χ2n) is 9.84. The fourth-order valence-electron chi connectivity index (χ4n) is 5.64. The average molecular weight is 695 g/mol. The van der Waals surface area contributed by atoms with Crippen molar-refractivity contribution < 1.29 is 25.8 Å². The number of rotatable bonds is 5. The molecular formula is C33H24B2N3OPt-3. The maximum atomic E-state index is 6.09. The number of aromatic nitrogens is 1. The Morgan fingerprint density at radius 2 is 1.50 bits per heavy atom. The molecule has 0 bridgehead atoms. The van der Waals surface area contributed by atoms with Crippen molar-refractivity contribution in [2.75, 3.05) is 11.9 Å². The van der Waals surface area contributed by atoms with Crippen LogP contribution in [0.15, 0.2) is 122 Å². The molecule has 1 aromatic heterocycles. The molecule has 3 heterocycles. The van der Waals surface area contributed by atoms with Crippen LogP contribution in [0.4, 0.5) is 5.69 Å². The molecule has 0 atom stereocenters.